The van der Waals surface area contributed by atoms with Gasteiger partial charge in [0.25, 0.3) is 0 Å². The molecule has 0 saturated heterocycles. The quantitative estimate of drug-likeness (QED) is 0.603. The fourth-order valence-electron chi connectivity index (χ4n) is 3.60. The maximum Gasteiger partial charge on any atom is 0.355 e. The van der Waals surface area contributed by atoms with Gasteiger partial charge in [-0.3, -0.25) is 4.90 Å². The van der Waals surface area contributed by atoms with Crippen LogP contribution in [0.2, 0.25) is 0 Å². The second-order valence-electron chi connectivity index (χ2n) is 7.13. The number of nitrogens with zero attached hydrogens (tertiary/aromatic N) is 2. The van der Waals surface area contributed by atoms with Gasteiger partial charge in [-0.05, 0) is 23.7 Å². The van der Waals surface area contributed by atoms with Crippen LogP contribution in [-0.2, 0) is 36.9 Å². The number of anilines is 1. The summed E-state index contributed by atoms with van der Waals surface area (Å²) in [4.78, 5) is 28.9. The lowest BCUT2D eigenvalue weighted by Gasteiger charge is -2.33. The largest absolute Gasteiger partial charge is 0.466 e. The highest BCUT2D eigenvalue weighted by Crippen LogP contribution is 2.30. The Kier molecular flexibility index (Phi) is 7.81. The average Bonchev–Trinajstić information content (AvgIpc) is 2.83. The molecule has 0 aromatic heterocycles. The van der Waals surface area contributed by atoms with Crippen LogP contribution >= 0.6 is 0 Å². The van der Waals surface area contributed by atoms with E-state index in [1.165, 1.54) is 19.8 Å². The van der Waals surface area contributed by atoms with E-state index in [1.54, 1.807) is 4.90 Å². The Bertz CT molecular complexity index is 942. The minimum Gasteiger partial charge on any atom is -0.466 e. The number of benzene rings is 2. The smallest absolute Gasteiger partial charge is 0.355 e. The van der Waals surface area contributed by atoms with Crippen LogP contribution in [0.5, 0.6) is 0 Å². The molecule has 1 heterocycles. The zero-order chi connectivity index (χ0) is 22.2. The van der Waals surface area contributed by atoms with Gasteiger partial charge in [0.1, 0.15) is 12.4 Å². The van der Waals surface area contributed by atoms with Crippen molar-refractivity contribution in [2.45, 2.75) is 20.0 Å². The van der Waals surface area contributed by atoms with Crippen molar-refractivity contribution in [2.24, 2.45) is 0 Å². The molecule has 7 heteroatoms. The normalized spacial score (nSPS) is 14.0. The molecule has 164 valence electrons. The molecule has 0 radical (unpaired) electrons. The van der Waals surface area contributed by atoms with E-state index < -0.39 is 11.9 Å². The monoisotopic (exact) mass is 424 g/mol. The fraction of sp³-hybridized carbons (Fsp3) is 0.333. The maximum absolute atomic E-state index is 12.6. The third-order valence-corrected chi connectivity index (χ3v) is 5.21. The standard InChI is InChI=1S/C24H28N2O5/c1-4-25(14-18-10-6-5-7-11-18)15-19-12-8-9-13-21(19)26-17-31-16-20(23(27)29-2)22(26)24(28)30-3/h5-13H,4,14-17H2,1-3H3. The molecule has 7 nitrogen and oxygen atoms in total. The van der Waals surface area contributed by atoms with E-state index in [-0.39, 0.29) is 24.6 Å². The first kappa shape index (κ1) is 22.5. The summed E-state index contributed by atoms with van der Waals surface area (Å²) in [5.41, 5.74) is 3.32. The molecule has 0 fully saturated rings. The summed E-state index contributed by atoms with van der Waals surface area (Å²) in [6.45, 7) is 4.56. The summed E-state index contributed by atoms with van der Waals surface area (Å²) in [6, 6.07) is 18.1. The molecule has 2 aromatic carbocycles. The number of para-hydroxylation sites is 1. The van der Waals surface area contributed by atoms with Crippen molar-refractivity contribution >= 4 is 17.6 Å². The highest BCUT2D eigenvalue weighted by atomic mass is 16.5. The highest BCUT2D eigenvalue weighted by Gasteiger charge is 2.33. The number of carbonyl (C=O) groups is 2. The number of esters is 2. The van der Waals surface area contributed by atoms with E-state index in [2.05, 4.69) is 24.0 Å². The van der Waals surface area contributed by atoms with Crippen molar-refractivity contribution in [1.82, 2.24) is 4.90 Å². The van der Waals surface area contributed by atoms with Crippen molar-refractivity contribution in [3.05, 3.63) is 77.0 Å². The minimum atomic E-state index is -0.609. The summed E-state index contributed by atoms with van der Waals surface area (Å²) >= 11 is 0. The molecule has 0 amide bonds. The van der Waals surface area contributed by atoms with Crippen LogP contribution in [0, 0.1) is 0 Å². The Morgan fingerprint density at radius 1 is 0.968 bits per heavy atom. The first-order valence-corrected chi connectivity index (χ1v) is 10.2. The molecule has 0 atom stereocenters. The van der Waals surface area contributed by atoms with Gasteiger partial charge < -0.3 is 19.1 Å². The summed E-state index contributed by atoms with van der Waals surface area (Å²) in [5.74, 6) is -1.21. The van der Waals surface area contributed by atoms with Crippen LogP contribution in [0.1, 0.15) is 18.1 Å². The van der Waals surface area contributed by atoms with E-state index in [4.69, 9.17) is 14.2 Å². The van der Waals surface area contributed by atoms with Gasteiger partial charge in [0.15, 0.2) is 0 Å². The predicted molar refractivity (Wildman–Crippen MR) is 117 cm³/mol. The van der Waals surface area contributed by atoms with Crippen LogP contribution in [-0.4, -0.2) is 50.9 Å². The first-order chi connectivity index (χ1) is 15.1. The molecule has 0 bridgehead atoms. The zero-order valence-corrected chi connectivity index (χ0v) is 18.2. The lowest BCUT2D eigenvalue weighted by Crippen LogP contribution is -2.39. The van der Waals surface area contributed by atoms with Crippen LogP contribution in [0.15, 0.2) is 65.9 Å². The first-order valence-electron chi connectivity index (χ1n) is 10.2. The van der Waals surface area contributed by atoms with E-state index in [9.17, 15) is 9.59 Å². The molecule has 0 saturated carbocycles. The molecule has 0 spiro atoms. The molecule has 0 unspecified atom stereocenters. The molecule has 3 rings (SSSR count). The third-order valence-electron chi connectivity index (χ3n) is 5.21. The van der Waals surface area contributed by atoms with Gasteiger partial charge >= 0.3 is 11.9 Å². The number of rotatable bonds is 8. The van der Waals surface area contributed by atoms with Crippen LogP contribution in [0.3, 0.4) is 0 Å². The number of hydrogen-bond acceptors (Lipinski definition) is 7. The summed E-state index contributed by atoms with van der Waals surface area (Å²) in [5, 5.41) is 0. The highest BCUT2D eigenvalue weighted by molar-refractivity contribution is 6.03. The maximum atomic E-state index is 12.6. The second-order valence-corrected chi connectivity index (χ2v) is 7.13. The van der Waals surface area contributed by atoms with Gasteiger partial charge in [0.05, 0.1) is 26.4 Å². The van der Waals surface area contributed by atoms with Crippen LogP contribution in [0.4, 0.5) is 5.69 Å². The Hall–Kier alpha value is -3.16. The van der Waals surface area contributed by atoms with Gasteiger partial charge in [-0.15, -0.1) is 0 Å². The second kappa shape index (κ2) is 10.7. The summed E-state index contributed by atoms with van der Waals surface area (Å²) < 4.78 is 15.5. The minimum absolute atomic E-state index is 0.00906. The Morgan fingerprint density at radius 2 is 1.65 bits per heavy atom. The number of hydrogen-bond donors (Lipinski definition) is 0. The number of ether oxygens (including phenoxy) is 3. The molecular formula is C24H28N2O5. The average molecular weight is 424 g/mol. The van der Waals surface area contributed by atoms with Crippen molar-refractivity contribution in [1.29, 1.82) is 0 Å². The Morgan fingerprint density at radius 3 is 2.32 bits per heavy atom. The van der Waals surface area contributed by atoms with Crippen molar-refractivity contribution in [3.8, 4) is 0 Å². The van der Waals surface area contributed by atoms with E-state index >= 15 is 0 Å². The topological polar surface area (TPSA) is 68.3 Å². The van der Waals surface area contributed by atoms with Crippen LogP contribution < -0.4 is 4.90 Å². The molecular weight excluding hydrogens is 396 g/mol. The van der Waals surface area contributed by atoms with Crippen LogP contribution in [0.25, 0.3) is 0 Å². The van der Waals surface area contributed by atoms with Gasteiger partial charge in [-0.1, -0.05) is 55.5 Å². The third kappa shape index (κ3) is 5.31. The Balaban J connectivity index is 1.95. The molecule has 2 aromatic rings. The van der Waals surface area contributed by atoms with Gasteiger partial charge in [-0.2, -0.15) is 0 Å². The lowest BCUT2D eigenvalue weighted by atomic mass is 10.1. The van der Waals surface area contributed by atoms with E-state index in [0.717, 1.165) is 24.3 Å². The van der Waals surface area contributed by atoms with Gasteiger partial charge in [0.2, 0.25) is 0 Å². The lowest BCUT2D eigenvalue weighted by molar-refractivity contribution is -0.140. The predicted octanol–water partition coefficient (Wildman–Crippen LogP) is 3.10. The van der Waals surface area contributed by atoms with E-state index in [1.807, 2.05) is 42.5 Å². The molecule has 31 heavy (non-hydrogen) atoms. The fourth-order valence-corrected chi connectivity index (χ4v) is 3.60. The van der Waals surface area contributed by atoms with Crippen molar-refractivity contribution < 1.29 is 23.8 Å². The van der Waals surface area contributed by atoms with Gasteiger partial charge in [-0.25, -0.2) is 9.59 Å². The summed E-state index contributed by atoms with van der Waals surface area (Å²) in [6.07, 6.45) is 0. The van der Waals surface area contributed by atoms with E-state index in [0.29, 0.717) is 6.54 Å². The summed E-state index contributed by atoms with van der Waals surface area (Å²) in [7, 11) is 2.57. The van der Waals surface area contributed by atoms with Crippen molar-refractivity contribution in [2.75, 3.05) is 39.0 Å². The molecule has 1 aliphatic rings. The SMILES string of the molecule is CCN(Cc1ccccc1)Cc1ccccc1N1COCC(C(=O)OC)=C1C(=O)OC. The van der Waals surface area contributed by atoms with Gasteiger partial charge in [0, 0.05) is 18.8 Å². The molecule has 0 N–H and O–H groups in total. The Labute approximate surface area is 182 Å². The van der Waals surface area contributed by atoms with Crippen molar-refractivity contribution in [3.63, 3.8) is 0 Å². The molecule has 1 aliphatic heterocycles. The zero-order valence-electron chi connectivity index (χ0n) is 18.2. The molecule has 0 aliphatic carbocycles. The number of methoxy groups -OCH3 is 2. The number of carbonyl (C=O) groups excluding carboxylic acids is 2.